The van der Waals surface area contributed by atoms with Crippen molar-refractivity contribution >= 4 is 11.0 Å². The summed E-state index contributed by atoms with van der Waals surface area (Å²) in [6.07, 6.45) is 1.53. The van der Waals surface area contributed by atoms with Gasteiger partial charge in [0.2, 0.25) is 0 Å². The lowest BCUT2D eigenvalue weighted by atomic mass is 10.1. The molecule has 1 heterocycles. The van der Waals surface area contributed by atoms with Crippen molar-refractivity contribution in [1.29, 1.82) is 0 Å². The standard InChI is InChI=1S/C17H17FN2O/c1-2-9-20-15-8-4-7-14(18)17(15)19-16(20)11-12-5-3-6-13(21)10-12/h3-8,10,21H,2,9,11H2,1H3. The van der Waals surface area contributed by atoms with Gasteiger partial charge in [0, 0.05) is 13.0 Å². The largest absolute Gasteiger partial charge is 0.508 e. The van der Waals surface area contributed by atoms with Gasteiger partial charge in [0.1, 0.15) is 17.1 Å². The third-order valence-corrected chi connectivity index (χ3v) is 3.53. The van der Waals surface area contributed by atoms with Crippen LogP contribution < -0.4 is 0 Å². The summed E-state index contributed by atoms with van der Waals surface area (Å²) in [7, 11) is 0. The van der Waals surface area contributed by atoms with E-state index >= 15 is 0 Å². The summed E-state index contributed by atoms with van der Waals surface area (Å²) < 4.78 is 16.0. The van der Waals surface area contributed by atoms with Gasteiger partial charge >= 0.3 is 0 Å². The quantitative estimate of drug-likeness (QED) is 0.789. The lowest BCUT2D eigenvalue weighted by Gasteiger charge is -2.08. The predicted molar refractivity (Wildman–Crippen MR) is 80.9 cm³/mol. The van der Waals surface area contributed by atoms with Crippen LogP contribution in [0.3, 0.4) is 0 Å². The van der Waals surface area contributed by atoms with Crippen molar-refractivity contribution in [3.05, 3.63) is 59.7 Å². The van der Waals surface area contributed by atoms with Crippen LogP contribution in [0, 0.1) is 5.82 Å². The second kappa shape index (κ2) is 5.56. The van der Waals surface area contributed by atoms with Gasteiger partial charge in [-0.25, -0.2) is 9.37 Å². The Labute approximate surface area is 122 Å². The third kappa shape index (κ3) is 2.61. The smallest absolute Gasteiger partial charge is 0.151 e. The second-order valence-electron chi connectivity index (χ2n) is 5.13. The van der Waals surface area contributed by atoms with E-state index in [1.54, 1.807) is 24.3 Å². The average molecular weight is 284 g/mol. The van der Waals surface area contributed by atoms with E-state index in [9.17, 15) is 9.50 Å². The first kappa shape index (κ1) is 13.6. The molecule has 0 unspecified atom stereocenters. The highest BCUT2D eigenvalue weighted by molar-refractivity contribution is 5.76. The molecular weight excluding hydrogens is 267 g/mol. The molecule has 21 heavy (non-hydrogen) atoms. The predicted octanol–water partition coefficient (Wildman–Crippen LogP) is 3.88. The maximum absolute atomic E-state index is 13.9. The molecule has 0 spiro atoms. The molecule has 0 bridgehead atoms. The van der Waals surface area contributed by atoms with Crippen LogP contribution in [0.15, 0.2) is 42.5 Å². The Balaban J connectivity index is 2.08. The van der Waals surface area contributed by atoms with Crippen molar-refractivity contribution < 1.29 is 9.50 Å². The van der Waals surface area contributed by atoms with E-state index in [1.165, 1.54) is 6.07 Å². The molecule has 0 aliphatic heterocycles. The first-order valence-electron chi connectivity index (χ1n) is 7.10. The molecule has 0 aliphatic carbocycles. The number of hydrogen-bond donors (Lipinski definition) is 1. The highest BCUT2D eigenvalue weighted by Crippen LogP contribution is 2.22. The number of aromatic nitrogens is 2. The van der Waals surface area contributed by atoms with Gasteiger partial charge in [-0.05, 0) is 36.2 Å². The maximum atomic E-state index is 13.9. The molecule has 3 aromatic rings. The summed E-state index contributed by atoms with van der Waals surface area (Å²) in [5.74, 6) is 0.763. The van der Waals surface area contributed by atoms with Gasteiger partial charge in [0.25, 0.3) is 0 Å². The van der Waals surface area contributed by atoms with E-state index in [1.807, 2.05) is 12.1 Å². The Kier molecular flexibility index (Phi) is 3.60. The number of fused-ring (bicyclic) bond motifs is 1. The highest BCUT2D eigenvalue weighted by Gasteiger charge is 2.13. The molecule has 0 aliphatic rings. The van der Waals surface area contributed by atoms with Gasteiger partial charge in [-0.2, -0.15) is 0 Å². The summed E-state index contributed by atoms with van der Waals surface area (Å²) in [5.41, 5.74) is 2.20. The number of benzene rings is 2. The number of aromatic hydroxyl groups is 1. The van der Waals surface area contributed by atoms with Gasteiger partial charge in [0.15, 0.2) is 5.82 Å². The molecule has 0 saturated heterocycles. The molecule has 1 aromatic heterocycles. The summed E-state index contributed by atoms with van der Waals surface area (Å²) in [6, 6.07) is 12.1. The zero-order valence-corrected chi connectivity index (χ0v) is 11.9. The van der Waals surface area contributed by atoms with Crippen LogP contribution >= 0.6 is 0 Å². The van der Waals surface area contributed by atoms with E-state index in [2.05, 4.69) is 16.5 Å². The monoisotopic (exact) mass is 284 g/mol. The van der Waals surface area contributed by atoms with E-state index < -0.39 is 0 Å². The Morgan fingerprint density at radius 3 is 2.76 bits per heavy atom. The molecule has 0 atom stereocenters. The maximum Gasteiger partial charge on any atom is 0.151 e. The number of halogens is 1. The second-order valence-corrected chi connectivity index (χ2v) is 5.13. The topological polar surface area (TPSA) is 38.0 Å². The van der Waals surface area contributed by atoms with E-state index in [-0.39, 0.29) is 11.6 Å². The molecule has 0 saturated carbocycles. The SMILES string of the molecule is CCCn1c(Cc2cccc(O)c2)nc2c(F)cccc21. The average Bonchev–Trinajstić information content (AvgIpc) is 2.79. The summed E-state index contributed by atoms with van der Waals surface area (Å²) >= 11 is 0. The third-order valence-electron chi connectivity index (χ3n) is 3.53. The van der Waals surface area contributed by atoms with E-state index in [0.29, 0.717) is 11.9 Å². The first-order chi connectivity index (χ1) is 10.2. The van der Waals surface area contributed by atoms with Gasteiger partial charge in [-0.3, -0.25) is 0 Å². The molecular formula is C17H17FN2O. The number of para-hydroxylation sites is 1. The Morgan fingerprint density at radius 2 is 2.00 bits per heavy atom. The Morgan fingerprint density at radius 1 is 1.19 bits per heavy atom. The molecule has 3 nitrogen and oxygen atoms in total. The number of hydrogen-bond acceptors (Lipinski definition) is 2. The zero-order chi connectivity index (χ0) is 14.8. The van der Waals surface area contributed by atoms with Crippen LogP contribution in [-0.4, -0.2) is 14.7 Å². The van der Waals surface area contributed by atoms with Gasteiger partial charge in [0.05, 0.1) is 5.52 Å². The van der Waals surface area contributed by atoms with Crippen LogP contribution in [0.5, 0.6) is 5.75 Å². The van der Waals surface area contributed by atoms with E-state index in [0.717, 1.165) is 29.9 Å². The summed E-state index contributed by atoms with van der Waals surface area (Å²) in [6.45, 7) is 2.89. The number of nitrogens with zero attached hydrogens (tertiary/aromatic N) is 2. The van der Waals surface area contributed by atoms with Crippen LogP contribution in [0.2, 0.25) is 0 Å². The minimum absolute atomic E-state index is 0.233. The minimum Gasteiger partial charge on any atom is -0.508 e. The van der Waals surface area contributed by atoms with Crippen LogP contribution in [-0.2, 0) is 13.0 Å². The fraction of sp³-hybridized carbons (Fsp3) is 0.235. The minimum atomic E-state index is -0.292. The molecule has 3 rings (SSSR count). The number of rotatable bonds is 4. The van der Waals surface area contributed by atoms with Crippen molar-refractivity contribution in [3.8, 4) is 5.75 Å². The normalized spacial score (nSPS) is 11.1. The molecule has 1 N–H and O–H groups in total. The molecule has 2 aromatic carbocycles. The van der Waals surface area contributed by atoms with Crippen molar-refractivity contribution in [3.63, 3.8) is 0 Å². The van der Waals surface area contributed by atoms with Gasteiger partial charge < -0.3 is 9.67 Å². The van der Waals surface area contributed by atoms with E-state index in [4.69, 9.17) is 0 Å². The number of aryl methyl sites for hydroxylation is 1. The molecule has 0 fully saturated rings. The molecule has 108 valence electrons. The number of phenolic OH excluding ortho intramolecular Hbond substituents is 1. The van der Waals surface area contributed by atoms with Gasteiger partial charge in [-0.15, -0.1) is 0 Å². The number of imidazole rings is 1. The molecule has 4 heteroatoms. The van der Waals surface area contributed by atoms with Crippen molar-refractivity contribution in [2.45, 2.75) is 26.3 Å². The molecule has 0 amide bonds. The highest BCUT2D eigenvalue weighted by atomic mass is 19.1. The van der Waals surface area contributed by atoms with Gasteiger partial charge in [-0.1, -0.05) is 25.1 Å². The Bertz CT molecular complexity index is 780. The van der Waals surface area contributed by atoms with Crippen LogP contribution in [0.4, 0.5) is 4.39 Å². The fourth-order valence-electron chi connectivity index (χ4n) is 2.62. The van der Waals surface area contributed by atoms with Crippen LogP contribution in [0.25, 0.3) is 11.0 Å². The first-order valence-corrected chi connectivity index (χ1v) is 7.10. The van der Waals surface area contributed by atoms with Crippen molar-refractivity contribution in [2.75, 3.05) is 0 Å². The lowest BCUT2D eigenvalue weighted by molar-refractivity contribution is 0.474. The fourth-order valence-corrected chi connectivity index (χ4v) is 2.62. The molecule has 0 radical (unpaired) electrons. The van der Waals surface area contributed by atoms with Crippen molar-refractivity contribution in [2.24, 2.45) is 0 Å². The van der Waals surface area contributed by atoms with Crippen molar-refractivity contribution in [1.82, 2.24) is 9.55 Å². The summed E-state index contributed by atoms with van der Waals surface area (Å²) in [4.78, 5) is 4.46. The Hall–Kier alpha value is -2.36. The number of phenols is 1. The van der Waals surface area contributed by atoms with Crippen LogP contribution in [0.1, 0.15) is 24.7 Å². The zero-order valence-electron chi connectivity index (χ0n) is 11.9. The summed E-state index contributed by atoms with van der Waals surface area (Å²) in [5, 5.41) is 9.56. The lowest BCUT2D eigenvalue weighted by Crippen LogP contribution is -2.04.